The Labute approximate surface area is 114 Å². The lowest BCUT2D eigenvalue weighted by Crippen LogP contribution is -2.49. The number of benzene rings is 1. The number of rotatable bonds is 2. The summed E-state index contributed by atoms with van der Waals surface area (Å²) in [6.45, 7) is 3.28. The van der Waals surface area contributed by atoms with E-state index in [4.69, 9.17) is 4.74 Å². The Hall–Kier alpha value is -0.940. The summed E-state index contributed by atoms with van der Waals surface area (Å²) in [6.07, 6.45) is 1.55. The zero-order valence-corrected chi connectivity index (χ0v) is 11.7. The molecule has 1 fully saturated rings. The number of nitrogens with one attached hydrogen (secondary N) is 1. The Bertz CT molecular complexity index is 458. The maximum atomic E-state index is 13.4. The fourth-order valence-electron chi connectivity index (χ4n) is 1.93. The average molecular weight is 316 g/mol. The minimum Gasteiger partial charge on any atom is -0.381 e. The standard InChI is InChI=1S/C13H15BrFNO2/c1-13(4-6-18-7-5-13)16-12(17)9-2-3-10(14)11(15)8-9/h2-3,8H,4-7H2,1H3,(H,16,17). The van der Waals surface area contributed by atoms with Crippen molar-refractivity contribution in [3.8, 4) is 0 Å². The first-order valence-electron chi connectivity index (χ1n) is 5.85. The van der Waals surface area contributed by atoms with E-state index in [1.807, 2.05) is 6.92 Å². The number of ether oxygens (including phenoxy) is 1. The fourth-order valence-corrected chi connectivity index (χ4v) is 2.18. The normalized spacial score (nSPS) is 18.4. The Balaban J connectivity index is 2.09. The SMILES string of the molecule is CC1(NC(=O)c2ccc(Br)c(F)c2)CCOCC1. The predicted molar refractivity (Wildman–Crippen MR) is 70.0 cm³/mol. The molecule has 0 unspecified atom stereocenters. The van der Waals surface area contributed by atoms with Gasteiger partial charge in [-0.15, -0.1) is 0 Å². The van der Waals surface area contributed by atoms with Crippen molar-refractivity contribution in [2.45, 2.75) is 25.3 Å². The van der Waals surface area contributed by atoms with Crippen LogP contribution in [0.5, 0.6) is 0 Å². The van der Waals surface area contributed by atoms with Crippen LogP contribution in [-0.2, 0) is 4.74 Å². The molecule has 1 N–H and O–H groups in total. The molecule has 1 aromatic rings. The lowest BCUT2D eigenvalue weighted by Gasteiger charge is -2.34. The third-order valence-corrected chi connectivity index (χ3v) is 3.84. The zero-order valence-electron chi connectivity index (χ0n) is 10.1. The van der Waals surface area contributed by atoms with Crippen molar-refractivity contribution in [2.24, 2.45) is 0 Å². The molecule has 0 aliphatic carbocycles. The van der Waals surface area contributed by atoms with Crippen LogP contribution >= 0.6 is 15.9 Å². The summed E-state index contributed by atoms with van der Waals surface area (Å²) in [5.74, 6) is -0.675. The van der Waals surface area contributed by atoms with Crippen molar-refractivity contribution < 1.29 is 13.9 Å². The number of carbonyl (C=O) groups excluding carboxylic acids is 1. The molecule has 0 atom stereocenters. The summed E-state index contributed by atoms with van der Waals surface area (Å²) in [6, 6.07) is 4.38. The van der Waals surface area contributed by atoms with Crippen LogP contribution in [0.1, 0.15) is 30.1 Å². The van der Waals surface area contributed by atoms with Crippen LogP contribution in [0.25, 0.3) is 0 Å². The summed E-state index contributed by atoms with van der Waals surface area (Å²) >= 11 is 3.06. The van der Waals surface area contributed by atoms with Crippen LogP contribution in [0.15, 0.2) is 22.7 Å². The number of hydrogen-bond acceptors (Lipinski definition) is 2. The molecule has 0 saturated carbocycles. The molecule has 0 radical (unpaired) electrons. The maximum Gasteiger partial charge on any atom is 0.251 e. The van der Waals surface area contributed by atoms with Crippen molar-refractivity contribution >= 4 is 21.8 Å². The van der Waals surface area contributed by atoms with E-state index in [0.29, 0.717) is 23.2 Å². The van der Waals surface area contributed by atoms with Crippen molar-refractivity contribution in [3.63, 3.8) is 0 Å². The predicted octanol–water partition coefficient (Wildman–Crippen LogP) is 2.89. The van der Waals surface area contributed by atoms with E-state index < -0.39 is 5.82 Å². The van der Waals surface area contributed by atoms with Gasteiger partial charge in [0, 0.05) is 24.3 Å². The highest BCUT2D eigenvalue weighted by Gasteiger charge is 2.29. The quantitative estimate of drug-likeness (QED) is 0.911. The van der Waals surface area contributed by atoms with Crippen LogP contribution in [0.2, 0.25) is 0 Å². The highest BCUT2D eigenvalue weighted by atomic mass is 79.9. The Kier molecular flexibility index (Phi) is 4.02. The molecule has 1 saturated heterocycles. The number of amides is 1. The summed E-state index contributed by atoms with van der Waals surface area (Å²) in [5.41, 5.74) is 0.0715. The smallest absolute Gasteiger partial charge is 0.251 e. The summed E-state index contributed by atoms with van der Waals surface area (Å²) in [5, 5.41) is 2.96. The van der Waals surface area contributed by atoms with Gasteiger partial charge in [-0.2, -0.15) is 0 Å². The van der Waals surface area contributed by atoms with Gasteiger partial charge in [-0.3, -0.25) is 4.79 Å². The minimum atomic E-state index is -0.431. The minimum absolute atomic E-state index is 0.245. The number of carbonyl (C=O) groups is 1. The van der Waals surface area contributed by atoms with Gasteiger partial charge in [0.2, 0.25) is 0 Å². The molecule has 1 aromatic carbocycles. The number of hydrogen-bond donors (Lipinski definition) is 1. The van der Waals surface area contributed by atoms with Crippen molar-refractivity contribution in [1.82, 2.24) is 5.32 Å². The second-order valence-corrected chi connectivity index (χ2v) is 5.61. The van der Waals surface area contributed by atoms with Crippen LogP contribution in [0, 0.1) is 5.82 Å². The molecule has 18 heavy (non-hydrogen) atoms. The molecule has 0 bridgehead atoms. The monoisotopic (exact) mass is 315 g/mol. The molecule has 1 heterocycles. The van der Waals surface area contributed by atoms with Gasteiger partial charge >= 0.3 is 0 Å². The maximum absolute atomic E-state index is 13.4. The second-order valence-electron chi connectivity index (χ2n) is 4.76. The van der Waals surface area contributed by atoms with Crippen LogP contribution in [0.3, 0.4) is 0 Å². The topological polar surface area (TPSA) is 38.3 Å². The lowest BCUT2D eigenvalue weighted by molar-refractivity contribution is 0.0422. The molecular weight excluding hydrogens is 301 g/mol. The third-order valence-electron chi connectivity index (χ3n) is 3.19. The average Bonchev–Trinajstić information content (AvgIpc) is 2.33. The summed E-state index contributed by atoms with van der Waals surface area (Å²) in [4.78, 5) is 12.0. The molecule has 0 aromatic heterocycles. The van der Waals surface area contributed by atoms with Gasteiger partial charge in [-0.25, -0.2) is 4.39 Å². The molecule has 3 nitrogen and oxygen atoms in total. The fraction of sp³-hybridized carbons (Fsp3) is 0.462. The molecule has 1 amide bonds. The first kappa shape index (κ1) is 13.5. The van der Waals surface area contributed by atoms with Crippen LogP contribution < -0.4 is 5.32 Å². The Morgan fingerprint density at radius 1 is 1.44 bits per heavy atom. The van der Waals surface area contributed by atoms with Crippen LogP contribution in [0.4, 0.5) is 4.39 Å². The van der Waals surface area contributed by atoms with Gasteiger partial charge in [0.05, 0.1) is 4.47 Å². The third kappa shape index (κ3) is 3.09. The number of halogens is 2. The van der Waals surface area contributed by atoms with Gasteiger partial charge in [0.15, 0.2) is 0 Å². The van der Waals surface area contributed by atoms with Gasteiger partial charge in [-0.1, -0.05) is 0 Å². The van der Waals surface area contributed by atoms with Gasteiger partial charge in [0.1, 0.15) is 5.82 Å². The van der Waals surface area contributed by atoms with Gasteiger partial charge < -0.3 is 10.1 Å². The van der Waals surface area contributed by atoms with Crippen LogP contribution in [-0.4, -0.2) is 24.7 Å². The highest BCUT2D eigenvalue weighted by molar-refractivity contribution is 9.10. The molecule has 1 aliphatic heterocycles. The second kappa shape index (κ2) is 5.36. The molecule has 5 heteroatoms. The molecule has 0 spiro atoms. The lowest BCUT2D eigenvalue weighted by atomic mass is 9.92. The van der Waals surface area contributed by atoms with Crippen molar-refractivity contribution in [3.05, 3.63) is 34.1 Å². The Morgan fingerprint density at radius 2 is 2.11 bits per heavy atom. The van der Waals surface area contributed by atoms with E-state index in [1.165, 1.54) is 12.1 Å². The van der Waals surface area contributed by atoms with Gasteiger partial charge in [-0.05, 0) is 53.9 Å². The zero-order chi connectivity index (χ0) is 13.2. The Morgan fingerprint density at radius 3 is 2.72 bits per heavy atom. The van der Waals surface area contributed by atoms with E-state index in [9.17, 15) is 9.18 Å². The van der Waals surface area contributed by atoms with E-state index in [-0.39, 0.29) is 11.4 Å². The van der Waals surface area contributed by atoms with Crippen molar-refractivity contribution in [1.29, 1.82) is 0 Å². The van der Waals surface area contributed by atoms with E-state index >= 15 is 0 Å². The first-order chi connectivity index (χ1) is 8.50. The largest absolute Gasteiger partial charge is 0.381 e. The highest BCUT2D eigenvalue weighted by Crippen LogP contribution is 2.21. The summed E-state index contributed by atoms with van der Waals surface area (Å²) < 4.78 is 19.0. The summed E-state index contributed by atoms with van der Waals surface area (Å²) in [7, 11) is 0. The molecular formula is C13H15BrFNO2. The molecule has 2 rings (SSSR count). The van der Waals surface area contributed by atoms with E-state index in [1.54, 1.807) is 6.07 Å². The molecule has 98 valence electrons. The first-order valence-corrected chi connectivity index (χ1v) is 6.65. The van der Waals surface area contributed by atoms with E-state index in [0.717, 1.165) is 12.8 Å². The van der Waals surface area contributed by atoms with Gasteiger partial charge in [0.25, 0.3) is 5.91 Å². The van der Waals surface area contributed by atoms with E-state index in [2.05, 4.69) is 21.2 Å². The molecule has 1 aliphatic rings. The van der Waals surface area contributed by atoms with Crippen molar-refractivity contribution in [2.75, 3.05) is 13.2 Å².